The Labute approximate surface area is 155 Å². The monoisotopic (exact) mass is 353 g/mol. The topological polar surface area (TPSA) is 38.8 Å². The molecule has 0 aromatic heterocycles. The zero-order chi connectivity index (χ0) is 18.5. The summed E-state index contributed by atoms with van der Waals surface area (Å²) in [4.78, 5) is 14.4. The van der Waals surface area contributed by atoms with E-state index in [0.29, 0.717) is 6.54 Å². The quantitative estimate of drug-likeness (QED) is 0.788. The highest BCUT2D eigenvalue weighted by molar-refractivity contribution is 5.80. The molecule has 0 bridgehead atoms. The van der Waals surface area contributed by atoms with Gasteiger partial charge in [0.25, 0.3) is 5.91 Å². The molecule has 0 aliphatic heterocycles. The van der Waals surface area contributed by atoms with Crippen LogP contribution in [0.2, 0.25) is 0 Å². The Kier molecular flexibility index (Phi) is 5.82. The molecule has 4 nitrogen and oxygen atoms in total. The summed E-state index contributed by atoms with van der Waals surface area (Å²) in [7, 11) is 3.46. The summed E-state index contributed by atoms with van der Waals surface area (Å²) < 4.78 is 11.2. The fraction of sp³-hybridized carbons (Fsp3) is 0.409. The van der Waals surface area contributed by atoms with Crippen molar-refractivity contribution >= 4 is 5.91 Å². The minimum absolute atomic E-state index is 0.0192. The lowest BCUT2D eigenvalue weighted by atomic mass is 9.91. The van der Waals surface area contributed by atoms with Crippen LogP contribution >= 0.6 is 0 Å². The Balaban J connectivity index is 1.63. The van der Waals surface area contributed by atoms with Crippen LogP contribution in [0.4, 0.5) is 0 Å². The minimum atomic E-state index is -0.508. The van der Waals surface area contributed by atoms with Crippen LogP contribution in [0.3, 0.4) is 0 Å². The molecule has 2 aromatic carbocycles. The molecule has 1 aliphatic rings. The van der Waals surface area contributed by atoms with E-state index >= 15 is 0 Å². The first-order chi connectivity index (χ1) is 12.6. The predicted molar refractivity (Wildman–Crippen MR) is 103 cm³/mol. The predicted octanol–water partition coefficient (Wildman–Crippen LogP) is 4.00. The number of fused-ring (bicyclic) bond motifs is 1. The lowest BCUT2D eigenvalue weighted by Gasteiger charge is -2.25. The molecule has 0 N–H and O–H groups in total. The van der Waals surface area contributed by atoms with E-state index < -0.39 is 6.10 Å². The average molecular weight is 353 g/mol. The van der Waals surface area contributed by atoms with E-state index in [0.717, 1.165) is 29.9 Å². The van der Waals surface area contributed by atoms with Crippen molar-refractivity contribution in [3.8, 4) is 11.5 Å². The Morgan fingerprint density at radius 3 is 2.58 bits per heavy atom. The third-order valence-electron chi connectivity index (χ3n) is 4.96. The van der Waals surface area contributed by atoms with Crippen LogP contribution in [0, 0.1) is 0 Å². The number of aryl methyl sites for hydroxylation is 1. The second kappa shape index (κ2) is 8.26. The molecular weight excluding hydrogens is 326 g/mol. The van der Waals surface area contributed by atoms with Crippen molar-refractivity contribution < 1.29 is 14.3 Å². The van der Waals surface area contributed by atoms with Gasteiger partial charge in [-0.05, 0) is 67.5 Å². The largest absolute Gasteiger partial charge is 0.497 e. The Morgan fingerprint density at radius 2 is 1.85 bits per heavy atom. The summed E-state index contributed by atoms with van der Waals surface area (Å²) >= 11 is 0. The van der Waals surface area contributed by atoms with Crippen molar-refractivity contribution in [3.63, 3.8) is 0 Å². The van der Waals surface area contributed by atoms with E-state index in [-0.39, 0.29) is 5.91 Å². The zero-order valence-electron chi connectivity index (χ0n) is 15.8. The van der Waals surface area contributed by atoms with Gasteiger partial charge < -0.3 is 14.4 Å². The molecule has 0 heterocycles. The van der Waals surface area contributed by atoms with Crippen LogP contribution in [-0.2, 0) is 24.2 Å². The number of hydrogen-bond donors (Lipinski definition) is 0. The number of likely N-dealkylation sites (N-methyl/N-ethyl adjacent to an activating group) is 1. The summed E-state index contributed by atoms with van der Waals surface area (Å²) in [6.45, 7) is 2.37. The number of methoxy groups -OCH3 is 1. The third-order valence-corrected chi connectivity index (χ3v) is 4.96. The van der Waals surface area contributed by atoms with Gasteiger partial charge >= 0.3 is 0 Å². The van der Waals surface area contributed by atoms with E-state index in [2.05, 4.69) is 6.07 Å². The van der Waals surface area contributed by atoms with Gasteiger partial charge in [0.05, 0.1) is 7.11 Å². The van der Waals surface area contributed by atoms with Crippen LogP contribution in [0.15, 0.2) is 42.5 Å². The summed E-state index contributed by atoms with van der Waals surface area (Å²) in [6.07, 6.45) is 4.05. The molecule has 1 amide bonds. The zero-order valence-corrected chi connectivity index (χ0v) is 15.8. The number of nitrogens with zero attached hydrogens (tertiary/aromatic N) is 1. The molecule has 0 spiro atoms. The molecule has 138 valence electrons. The van der Waals surface area contributed by atoms with Crippen molar-refractivity contribution in [2.75, 3.05) is 14.2 Å². The molecule has 0 saturated heterocycles. The maximum absolute atomic E-state index is 12.7. The molecule has 0 radical (unpaired) electrons. The number of carbonyl (C=O) groups is 1. The standard InChI is InChI=1S/C22H27NO3/c1-16(26-21-10-6-8-18-7-4-5-9-20(18)21)22(24)23(2)15-17-11-13-19(25-3)14-12-17/h6,8,10-14,16H,4-5,7,9,15H2,1-3H3/t16-/m0/s1. The Bertz CT molecular complexity index is 754. The first kappa shape index (κ1) is 18.3. The Hall–Kier alpha value is -2.49. The maximum atomic E-state index is 12.7. The number of rotatable bonds is 6. The van der Waals surface area contributed by atoms with E-state index in [9.17, 15) is 4.79 Å². The maximum Gasteiger partial charge on any atom is 0.263 e. The number of benzene rings is 2. The van der Waals surface area contributed by atoms with Gasteiger partial charge in [-0.1, -0.05) is 24.3 Å². The second-order valence-corrected chi connectivity index (χ2v) is 6.90. The summed E-state index contributed by atoms with van der Waals surface area (Å²) in [6, 6.07) is 13.9. The highest BCUT2D eigenvalue weighted by Crippen LogP contribution is 2.30. The SMILES string of the molecule is COc1ccc(CN(C)C(=O)[C@H](C)Oc2cccc3c2CCCC3)cc1. The summed E-state index contributed by atoms with van der Waals surface area (Å²) in [5, 5.41) is 0. The lowest BCUT2D eigenvalue weighted by molar-refractivity contribution is -0.137. The summed E-state index contributed by atoms with van der Waals surface area (Å²) in [5.74, 6) is 1.66. The number of hydrogen-bond acceptors (Lipinski definition) is 3. The van der Waals surface area contributed by atoms with Gasteiger partial charge in [0, 0.05) is 13.6 Å². The van der Waals surface area contributed by atoms with Crippen molar-refractivity contribution in [1.82, 2.24) is 4.90 Å². The molecule has 0 fully saturated rings. The third kappa shape index (κ3) is 4.18. The second-order valence-electron chi connectivity index (χ2n) is 6.90. The van der Waals surface area contributed by atoms with Gasteiger partial charge in [-0.25, -0.2) is 0 Å². The molecule has 2 aromatic rings. The normalized spacial score (nSPS) is 14.3. The molecule has 0 saturated carbocycles. The first-order valence-electron chi connectivity index (χ1n) is 9.24. The smallest absolute Gasteiger partial charge is 0.263 e. The number of amides is 1. The van der Waals surface area contributed by atoms with Crippen molar-refractivity contribution in [3.05, 3.63) is 59.2 Å². The fourth-order valence-corrected chi connectivity index (χ4v) is 3.49. The summed E-state index contributed by atoms with van der Waals surface area (Å²) in [5.41, 5.74) is 3.70. The molecule has 1 atom stereocenters. The highest BCUT2D eigenvalue weighted by atomic mass is 16.5. The van der Waals surface area contributed by atoms with Crippen LogP contribution in [0.1, 0.15) is 36.5 Å². The van der Waals surface area contributed by atoms with Gasteiger partial charge in [-0.15, -0.1) is 0 Å². The first-order valence-corrected chi connectivity index (χ1v) is 9.24. The average Bonchev–Trinajstić information content (AvgIpc) is 2.68. The van der Waals surface area contributed by atoms with Gasteiger partial charge in [0.2, 0.25) is 0 Å². The van der Waals surface area contributed by atoms with Crippen LogP contribution in [-0.4, -0.2) is 31.1 Å². The van der Waals surface area contributed by atoms with Crippen molar-refractivity contribution in [2.45, 2.75) is 45.3 Å². The van der Waals surface area contributed by atoms with Gasteiger partial charge in [0.15, 0.2) is 6.10 Å². The van der Waals surface area contributed by atoms with E-state index in [1.807, 2.05) is 50.4 Å². The van der Waals surface area contributed by atoms with Gasteiger partial charge in [0.1, 0.15) is 11.5 Å². The number of carbonyl (C=O) groups excluding carboxylic acids is 1. The molecular formula is C22H27NO3. The fourth-order valence-electron chi connectivity index (χ4n) is 3.49. The molecule has 3 rings (SSSR count). The van der Waals surface area contributed by atoms with Gasteiger partial charge in [-0.3, -0.25) is 4.79 Å². The van der Waals surface area contributed by atoms with E-state index in [1.54, 1.807) is 12.0 Å². The van der Waals surface area contributed by atoms with Crippen LogP contribution in [0.25, 0.3) is 0 Å². The highest BCUT2D eigenvalue weighted by Gasteiger charge is 2.22. The minimum Gasteiger partial charge on any atom is -0.497 e. The molecule has 0 unspecified atom stereocenters. The van der Waals surface area contributed by atoms with Gasteiger partial charge in [-0.2, -0.15) is 0 Å². The lowest BCUT2D eigenvalue weighted by Crippen LogP contribution is -2.37. The molecule has 1 aliphatic carbocycles. The van der Waals surface area contributed by atoms with Crippen molar-refractivity contribution in [1.29, 1.82) is 0 Å². The van der Waals surface area contributed by atoms with Crippen molar-refractivity contribution in [2.24, 2.45) is 0 Å². The van der Waals surface area contributed by atoms with E-state index in [4.69, 9.17) is 9.47 Å². The number of ether oxygens (including phenoxy) is 2. The van der Waals surface area contributed by atoms with E-state index in [1.165, 1.54) is 24.0 Å². The Morgan fingerprint density at radius 1 is 1.12 bits per heavy atom. The van der Waals surface area contributed by atoms with Crippen LogP contribution in [0.5, 0.6) is 11.5 Å². The molecule has 26 heavy (non-hydrogen) atoms. The molecule has 4 heteroatoms. The van der Waals surface area contributed by atoms with Crippen LogP contribution < -0.4 is 9.47 Å².